The summed E-state index contributed by atoms with van der Waals surface area (Å²) in [6, 6.07) is 4.05. The monoisotopic (exact) mass is 312 g/mol. The molecule has 2 amide bonds. The SMILES string of the molecule is CCSCC(C)NC(=O)Nc1ccc(OC)cc1C(=O)O. The first kappa shape index (κ1) is 17.2. The van der Waals surface area contributed by atoms with Crippen LogP contribution in [0, 0.1) is 0 Å². The number of thioether (sulfide) groups is 1. The van der Waals surface area contributed by atoms with Gasteiger partial charge < -0.3 is 20.5 Å². The van der Waals surface area contributed by atoms with Crippen molar-refractivity contribution >= 4 is 29.4 Å². The van der Waals surface area contributed by atoms with Crippen LogP contribution in [0.25, 0.3) is 0 Å². The van der Waals surface area contributed by atoms with Crippen molar-refractivity contribution in [2.75, 3.05) is 23.9 Å². The van der Waals surface area contributed by atoms with E-state index in [4.69, 9.17) is 9.84 Å². The maximum absolute atomic E-state index is 11.9. The van der Waals surface area contributed by atoms with Crippen LogP contribution in [-0.2, 0) is 0 Å². The van der Waals surface area contributed by atoms with E-state index in [9.17, 15) is 9.59 Å². The van der Waals surface area contributed by atoms with Gasteiger partial charge >= 0.3 is 12.0 Å². The molecule has 0 heterocycles. The molecule has 0 aliphatic heterocycles. The molecular weight excluding hydrogens is 292 g/mol. The van der Waals surface area contributed by atoms with Gasteiger partial charge in [-0.25, -0.2) is 9.59 Å². The Hall–Kier alpha value is -1.89. The predicted molar refractivity (Wildman–Crippen MR) is 84.6 cm³/mol. The molecule has 7 heteroatoms. The second-order valence-corrected chi connectivity index (χ2v) is 5.69. The third-order valence-electron chi connectivity index (χ3n) is 2.65. The van der Waals surface area contributed by atoms with Crippen molar-refractivity contribution in [2.45, 2.75) is 19.9 Å². The molecular formula is C14H20N2O4S. The summed E-state index contributed by atoms with van der Waals surface area (Å²) < 4.78 is 4.98. The maximum Gasteiger partial charge on any atom is 0.337 e. The molecule has 6 nitrogen and oxygen atoms in total. The number of carboxylic acid groups (broad SMARTS) is 1. The number of carboxylic acids is 1. The van der Waals surface area contributed by atoms with E-state index in [0.29, 0.717) is 5.75 Å². The number of ether oxygens (including phenoxy) is 1. The summed E-state index contributed by atoms with van der Waals surface area (Å²) in [6.07, 6.45) is 0. The first-order chi connectivity index (χ1) is 9.97. The lowest BCUT2D eigenvalue weighted by molar-refractivity contribution is 0.0697. The van der Waals surface area contributed by atoms with Crippen LogP contribution in [0.3, 0.4) is 0 Å². The van der Waals surface area contributed by atoms with E-state index in [1.165, 1.54) is 19.2 Å². The van der Waals surface area contributed by atoms with Gasteiger partial charge in [-0.15, -0.1) is 0 Å². The van der Waals surface area contributed by atoms with E-state index in [1.54, 1.807) is 17.8 Å². The molecule has 0 aliphatic rings. The van der Waals surface area contributed by atoms with Gasteiger partial charge in [-0.1, -0.05) is 6.92 Å². The second kappa shape index (κ2) is 8.41. The first-order valence-corrected chi connectivity index (χ1v) is 7.70. The van der Waals surface area contributed by atoms with E-state index >= 15 is 0 Å². The minimum absolute atomic E-state index is 0.00137. The van der Waals surface area contributed by atoms with Crippen LogP contribution in [0.2, 0.25) is 0 Å². The number of rotatable bonds is 7. The zero-order chi connectivity index (χ0) is 15.8. The molecule has 0 saturated heterocycles. The Kier molecular flexibility index (Phi) is 6.87. The lowest BCUT2D eigenvalue weighted by Gasteiger charge is -2.15. The number of aromatic carboxylic acids is 1. The number of methoxy groups -OCH3 is 1. The molecule has 0 aliphatic carbocycles. The molecule has 1 atom stereocenters. The van der Waals surface area contributed by atoms with Crippen LogP contribution in [-0.4, -0.2) is 41.8 Å². The highest BCUT2D eigenvalue weighted by atomic mass is 32.2. The van der Waals surface area contributed by atoms with Gasteiger partial charge in [0.15, 0.2) is 0 Å². The number of carbonyl (C=O) groups is 2. The minimum atomic E-state index is -1.13. The van der Waals surface area contributed by atoms with Crippen molar-refractivity contribution in [2.24, 2.45) is 0 Å². The van der Waals surface area contributed by atoms with Crippen LogP contribution in [0.15, 0.2) is 18.2 Å². The fourth-order valence-corrected chi connectivity index (χ4v) is 2.33. The minimum Gasteiger partial charge on any atom is -0.497 e. The van der Waals surface area contributed by atoms with Crippen LogP contribution >= 0.6 is 11.8 Å². The van der Waals surface area contributed by atoms with Gasteiger partial charge in [-0.3, -0.25) is 0 Å². The lowest BCUT2D eigenvalue weighted by Crippen LogP contribution is -2.37. The van der Waals surface area contributed by atoms with Crippen molar-refractivity contribution in [1.29, 1.82) is 0 Å². The van der Waals surface area contributed by atoms with Gasteiger partial charge in [0, 0.05) is 11.8 Å². The summed E-state index contributed by atoms with van der Waals surface area (Å²) in [7, 11) is 1.45. The van der Waals surface area contributed by atoms with Gasteiger partial charge in [0.05, 0.1) is 18.4 Å². The summed E-state index contributed by atoms with van der Waals surface area (Å²) in [5.74, 6) is 1.08. The predicted octanol–water partition coefficient (Wildman–Crippen LogP) is 2.66. The zero-order valence-electron chi connectivity index (χ0n) is 12.3. The fraction of sp³-hybridized carbons (Fsp3) is 0.429. The second-order valence-electron chi connectivity index (χ2n) is 4.38. The Morgan fingerprint density at radius 1 is 1.43 bits per heavy atom. The van der Waals surface area contributed by atoms with Crippen molar-refractivity contribution < 1.29 is 19.4 Å². The van der Waals surface area contributed by atoms with Gasteiger partial charge in [0.2, 0.25) is 0 Å². The van der Waals surface area contributed by atoms with Crippen LogP contribution in [0.1, 0.15) is 24.2 Å². The first-order valence-electron chi connectivity index (χ1n) is 6.54. The van der Waals surface area contributed by atoms with Gasteiger partial charge in [-0.05, 0) is 30.9 Å². The van der Waals surface area contributed by atoms with Crippen LogP contribution < -0.4 is 15.4 Å². The highest BCUT2D eigenvalue weighted by Crippen LogP contribution is 2.22. The smallest absolute Gasteiger partial charge is 0.337 e. The van der Waals surface area contributed by atoms with Crippen LogP contribution in [0.5, 0.6) is 5.75 Å². The standard InChI is InChI=1S/C14H20N2O4S/c1-4-21-8-9(2)15-14(19)16-12-6-5-10(20-3)7-11(12)13(17)18/h5-7,9H,4,8H2,1-3H3,(H,17,18)(H2,15,16,19). The Bertz CT molecular complexity index is 508. The van der Waals surface area contributed by atoms with Crippen LogP contribution in [0.4, 0.5) is 10.5 Å². The van der Waals surface area contributed by atoms with Crippen molar-refractivity contribution in [3.63, 3.8) is 0 Å². The number of urea groups is 1. The van der Waals surface area contributed by atoms with E-state index in [1.807, 2.05) is 13.8 Å². The average molecular weight is 312 g/mol. The number of benzene rings is 1. The molecule has 21 heavy (non-hydrogen) atoms. The number of hydrogen-bond acceptors (Lipinski definition) is 4. The molecule has 0 fully saturated rings. The van der Waals surface area contributed by atoms with E-state index in [-0.39, 0.29) is 17.3 Å². The summed E-state index contributed by atoms with van der Waals surface area (Å²) in [4.78, 5) is 23.1. The van der Waals surface area contributed by atoms with Crippen molar-refractivity contribution in [3.05, 3.63) is 23.8 Å². The van der Waals surface area contributed by atoms with Gasteiger partial charge in [0.25, 0.3) is 0 Å². The summed E-state index contributed by atoms with van der Waals surface area (Å²) in [5, 5.41) is 14.5. The Morgan fingerprint density at radius 2 is 2.14 bits per heavy atom. The third kappa shape index (κ3) is 5.55. The summed E-state index contributed by atoms with van der Waals surface area (Å²) >= 11 is 1.72. The fourth-order valence-electron chi connectivity index (χ4n) is 1.65. The van der Waals surface area contributed by atoms with Crippen molar-refractivity contribution in [1.82, 2.24) is 5.32 Å². The summed E-state index contributed by atoms with van der Waals surface area (Å²) in [6.45, 7) is 3.95. The number of carbonyl (C=O) groups excluding carboxylic acids is 1. The van der Waals surface area contributed by atoms with E-state index in [0.717, 1.165) is 11.5 Å². The molecule has 0 bridgehead atoms. The van der Waals surface area contributed by atoms with E-state index in [2.05, 4.69) is 10.6 Å². The topological polar surface area (TPSA) is 87.7 Å². The highest BCUT2D eigenvalue weighted by molar-refractivity contribution is 7.99. The molecule has 0 radical (unpaired) electrons. The largest absolute Gasteiger partial charge is 0.497 e. The molecule has 1 unspecified atom stereocenters. The summed E-state index contributed by atoms with van der Waals surface area (Å²) in [5.41, 5.74) is 0.219. The number of nitrogens with one attached hydrogen (secondary N) is 2. The van der Waals surface area contributed by atoms with Gasteiger partial charge in [0.1, 0.15) is 5.75 Å². The highest BCUT2D eigenvalue weighted by Gasteiger charge is 2.14. The maximum atomic E-state index is 11.9. The molecule has 3 N–H and O–H groups in total. The van der Waals surface area contributed by atoms with Gasteiger partial charge in [-0.2, -0.15) is 11.8 Å². The third-order valence-corrected chi connectivity index (χ3v) is 3.80. The molecule has 1 aromatic carbocycles. The zero-order valence-corrected chi connectivity index (χ0v) is 13.1. The van der Waals surface area contributed by atoms with E-state index < -0.39 is 12.0 Å². The number of amides is 2. The Balaban J connectivity index is 2.73. The Labute approximate surface area is 128 Å². The van der Waals surface area contributed by atoms with Crippen molar-refractivity contribution in [3.8, 4) is 5.75 Å². The molecule has 1 rings (SSSR count). The normalized spacial score (nSPS) is 11.6. The quantitative estimate of drug-likeness (QED) is 0.720. The number of hydrogen-bond donors (Lipinski definition) is 3. The average Bonchev–Trinajstić information content (AvgIpc) is 2.45. The molecule has 0 spiro atoms. The number of anilines is 1. The molecule has 116 valence electrons. The Morgan fingerprint density at radius 3 is 2.71 bits per heavy atom. The molecule has 1 aromatic rings. The molecule has 0 aromatic heterocycles. The lowest BCUT2D eigenvalue weighted by atomic mass is 10.1. The molecule has 0 saturated carbocycles.